The number of nitrogens with zero attached hydrogens (tertiary/aromatic N) is 1. The zero-order valence-corrected chi connectivity index (χ0v) is 16.5. The summed E-state index contributed by atoms with van der Waals surface area (Å²) in [6.45, 7) is 6.91. The summed E-state index contributed by atoms with van der Waals surface area (Å²) < 4.78 is 28.2. The highest BCUT2D eigenvalue weighted by Crippen LogP contribution is 2.24. The molecule has 1 amide bonds. The van der Waals surface area contributed by atoms with Crippen LogP contribution >= 0.6 is 11.6 Å². The smallest absolute Gasteiger partial charge is 0.338 e. The van der Waals surface area contributed by atoms with Crippen molar-refractivity contribution in [1.82, 2.24) is 4.90 Å². The van der Waals surface area contributed by atoms with Crippen molar-refractivity contribution >= 4 is 33.5 Å². The lowest BCUT2D eigenvalue weighted by molar-refractivity contribution is -0.142. The van der Waals surface area contributed by atoms with Crippen molar-refractivity contribution in [2.24, 2.45) is 17.0 Å². The molecule has 7 nitrogen and oxygen atoms in total. The van der Waals surface area contributed by atoms with Crippen molar-refractivity contribution in [2.75, 3.05) is 13.1 Å². The molecule has 1 heterocycles. The van der Waals surface area contributed by atoms with Gasteiger partial charge in [0.1, 0.15) is 4.90 Å². The second kappa shape index (κ2) is 7.94. The van der Waals surface area contributed by atoms with Crippen LogP contribution in [0.2, 0.25) is 5.02 Å². The van der Waals surface area contributed by atoms with Crippen molar-refractivity contribution < 1.29 is 22.7 Å². The number of carbonyl (C=O) groups excluding carboxylic acids is 2. The monoisotopic (exact) mass is 402 g/mol. The van der Waals surface area contributed by atoms with E-state index in [4.69, 9.17) is 21.5 Å². The zero-order chi connectivity index (χ0) is 19.6. The molecule has 2 rings (SSSR count). The molecule has 0 aliphatic carbocycles. The lowest BCUT2D eigenvalue weighted by atomic mass is 9.91. The summed E-state index contributed by atoms with van der Waals surface area (Å²) in [4.78, 5) is 26.2. The fourth-order valence-corrected chi connectivity index (χ4v) is 4.30. The average molecular weight is 403 g/mol. The molecule has 3 atom stereocenters. The van der Waals surface area contributed by atoms with E-state index in [1.807, 2.05) is 0 Å². The lowest BCUT2D eigenvalue weighted by Gasteiger charge is -2.36. The van der Waals surface area contributed by atoms with Gasteiger partial charge in [0, 0.05) is 13.1 Å². The van der Waals surface area contributed by atoms with E-state index in [9.17, 15) is 18.0 Å². The van der Waals surface area contributed by atoms with Gasteiger partial charge in [0.15, 0.2) is 6.10 Å². The minimum absolute atomic E-state index is 0.0431. The molecule has 0 radical (unpaired) electrons. The molecule has 144 valence electrons. The van der Waals surface area contributed by atoms with Crippen molar-refractivity contribution in [3.8, 4) is 0 Å². The fraction of sp³-hybridized carbons (Fsp3) is 0.529. The van der Waals surface area contributed by atoms with Crippen LogP contribution in [0.25, 0.3) is 0 Å². The number of piperidine rings is 1. The van der Waals surface area contributed by atoms with Gasteiger partial charge in [-0.2, -0.15) is 0 Å². The molecule has 26 heavy (non-hydrogen) atoms. The number of rotatable bonds is 4. The van der Waals surface area contributed by atoms with E-state index in [1.54, 1.807) is 4.90 Å². The maximum absolute atomic E-state index is 12.5. The van der Waals surface area contributed by atoms with Crippen LogP contribution in [0.15, 0.2) is 23.1 Å². The summed E-state index contributed by atoms with van der Waals surface area (Å²) in [5.74, 6) is -0.304. The molecule has 1 aromatic carbocycles. The third kappa shape index (κ3) is 4.96. The minimum Gasteiger partial charge on any atom is -0.449 e. The first-order chi connectivity index (χ1) is 12.0. The second-order valence-electron chi connectivity index (χ2n) is 6.93. The van der Waals surface area contributed by atoms with Crippen LogP contribution in [0.5, 0.6) is 0 Å². The van der Waals surface area contributed by atoms with Gasteiger partial charge in [-0.05, 0) is 43.4 Å². The summed E-state index contributed by atoms with van der Waals surface area (Å²) in [5.41, 5.74) is -0.0431. The van der Waals surface area contributed by atoms with Crippen LogP contribution in [0.1, 0.15) is 37.6 Å². The second-order valence-corrected chi connectivity index (χ2v) is 8.86. The molecule has 9 heteroatoms. The number of primary sulfonamides is 1. The van der Waals surface area contributed by atoms with Gasteiger partial charge >= 0.3 is 5.97 Å². The molecule has 1 aliphatic heterocycles. The van der Waals surface area contributed by atoms with Crippen LogP contribution in [-0.2, 0) is 19.6 Å². The topological polar surface area (TPSA) is 107 Å². The number of hydrogen-bond acceptors (Lipinski definition) is 5. The molecule has 1 fully saturated rings. The highest BCUT2D eigenvalue weighted by molar-refractivity contribution is 7.89. The molecule has 1 aliphatic rings. The van der Waals surface area contributed by atoms with Crippen molar-refractivity contribution in [1.29, 1.82) is 0 Å². The summed E-state index contributed by atoms with van der Waals surface area (Å²) in [7, 11) is -4.08. The number of likely N-dealkylation sites (tertiary alicyclic amines) is 1. The Morgan fingerprint density at radius 2 is 1.85 bits per heavy atom. The van der Waals surface area contributed by atoms with Gasteiger partial charge in [0.05, 0.1) is 10.6 Å². The number of esters is 1. The van der Waals surface area contributed by atoms with Crippen LogP contribution in [0.3, 0.4) is 0 Å². The SMILES string of the molecule is C[C@@H]1C[C@H](C)CN(C(=O)[C@@H](C)OC(=O)c2ccc(Cl)c(S(N)(=O)=O)c2)C1. The number of hydrogen-bond donors (Lipinski definition) is 1. The zero-order valence-electron chi connectivity index (χ0n) is 14.9. The van der Waals surface area contributed by atoms with Crippen LogP contribution in [0.4, 0.5) is 0 Å². The number of ether oxygens (including phenoxy) is 1. The van der Waals surface area contributed by atoms with Crippen LogP contribution in [-0.4, -0.2) is 44.4 Å². The van der Waals surface area contributed by atoms with Crippen molar-refractivity contribution in [3.63, 3.8) is 0 Å². The first-order valence-corrected chi connectivity index (χ1v) is 10.2. The Morgan fingerprint density at radius 3 is 2.38 bits per heavy atom. The van der Waals surface area contributed by atoms with E-state index < -0.39 is 22.1 Å². The number of nitrogens with two attached hydrogens (primary N) is 1. The molecule has 0 aromatic heterocycles. The third-order valence-corrected chi connectivity index (χ3v) is 5.68. The van der Waals surface area contributed by atoms with Gasteiger partial charge in [-0.25, -0.2) is 18.4 Å². The third-order valence-electron chi connectivity index (χ3n) is 4.29. The van der Waals surface area contributed by atoms with E-state index in [0.717, 1.165) is 12.5 Å². The molecule has 0 unspecified atom stereocenters. The molecule has 2 N–H and O–H groups in total. The van der Waals surface area contributed by atoms with Gasteiger partial charge in [-0.15, -0.1) is 0 Å². The van der Waals surface area contributed by atoms with E-state index in [2.05, 4.69) is 13.8 Å². The maximum atomic E-state index is 12.5. The Hall–Kier alpha value is -1.64. The Bertz CT molecular complexity index is 801. The Kier molecular flexibility index (Phi) is 6.31. The average Bonchev–Trinajstić information content (AvgIpc) is 2.52. The maximum Gasteiger partial charge on any atom is 0.338 e. The Morgan fingerprint density at radius 1 is 1.27 bits per heavy atom. The molecular formula is C17H23ClN2O5S. The lowest BCUT2D eigenvalue weighted by Crippen LogP contribution is -2.47. The van der Waals surface area contributed by atoms with Gasteiger partial charge in [-0.1, -0.05) is 25.4 Å². The normalized spacial score (nSPS) is 22.0. The van der Waals surface area contributed by atoms with E-state index in [0.29, 0.717) is 24.9 Å². The molecule has 0 saturated carbocycles. The molecule has 1 saturated heterocycles. The van der Waals surface area contributed by atoms with Crippen LogP contribution < -0.4 is 5.14 Å². The van der Waals surface area contributed by atoms with Gasteiger partial charge in [-0.3, -0.25) is 4.79 Å². The molecular weight excluding hydrogens is 380 g/mol. The predicted molar refractivity (Wildman–Crippen MR) is 97.2 cm³/mol. The summed E-state index contributed by atoms with van der Waals surface area (Å²) in [6.07, 6.45) is 0.0765. The van der Waals surface area contributed by atoms with Gasteiger partial charge < -0.3 is 9.64 Å². The standard InChI is InChI=1S/C17H23ClN2O5S/c1-10-6-11(2)9-20(8-10)16(21)12(3)25-17(22)13-4-5-14(18)15(7-13)26(19,23)24/h4-5,7,10-12H,6,8-9H2,1-3H3,(H2,19,23,24)/t10-,11+,12-/m1/s1. The van der Waals surface area contributed by atoms with Crippen LogP contribution in [0, 0.1) is 11.8 Å². The quantitative estimate of drug-likeness (QED) is 0.775. The Balaban J connectivity index is 2.11. The summed E-state index contributed by atoms with van der Waals surface area (Å²) >= 11 is 5.80. The van der Waals surface area contributed by atoms with E-state index >= 15 is 0 Å². The predicted octanol–water partition coefficient (Wildman–Crippen LogP) is 2.04. The number of halogens is 1. The number of benzene rings is 1. The highest BCUT2D eigenvalue weighted by Gasteiger charge is 2.30. The minimum atomic E-state index is -4.08. The summed E-state index contributed by atoms with van der Waals surface area (Å²) in [5, 5.41) is 4.98. The summed E-state index contributed by atoms with van der Waals surface area (Å²) in [6, 6.07) is 3.61. The first kappa shape index (κ1) is 20.7. The molecule has 1 aromatic rings. The Labute approximate surface area is 158 Å². The van der Waals surface area contributed by atoms with Crippen molar-refractivity contribution in [2.45, 2.75) is 38.2 Å². The first-order valence-electron chi connectivity index (χ1n) is 8.31. The van der Waals surface area contributed by atoms with E-state index in [1.165, 1.54) is 19.1 Å². The largest absolute Gasteiger partial charge is 0.449 e. The highest BCUT2D eigenvalue weighted by atomic mass is 35.5. The molecule has 0 bridgehead atoms. The van der Waals surface area contributed by atoms with Crippen molar-refractivity contribution in [3.05, 3.63) is 28.8 Å². The number of amides is 1. The molecule has 0 spiro atoms. The fourth-order valence-electron chi connectivity index (χ4n) is 3.23. The van der Waals surface area contributed by atoms with E-state index in [-0.39, 0.29) is 21.4 Å². The van der Waals surface area contributed by atoms with Gasteiger partial charge in [0.2, 0.25) is 10.0 Å². The number of sulfonamides is 1. The van der Waals surface area contributed by atoms with Gasteiger partial charge in [0.25, 0.3) is 5.91 Å². The number of carbonyl (C=O) groups is 2.